The first-order valence-electron chi connectivity index (χ1n) is 12.0. The van der Waals surface area contributed by atoms with Gasteiger partial charge in [-0.1, -0.05) is 24.3 Å². The Labute approximate surface area is 226 Å². The third kappa shape index (κ3) is 9.48. The molecule has 0 unspecified atom stereocenters. The Morgan fingerprint density at radius 1 is 1.03 bits per heavy atom. The minimum absolute atomic E-state index is 0.0651. The first-order valence-corrected chi connectivity index (χ1v) is 12.8. The molecule has 0 saturated carbocycles. The molecule has 1 aromatic heterocycles. The number of hydrogen-bond acceptors (Lipinski definition) is 5. The van der Waals surface area contributed by atoms with Gasteiger partial charge in [-0.25, -0.2) is 9.18 Å². The highest BCUT2D eigenvalue weighted by Crippen LogP contribution is 2.29. The third-order valence-electron chi connectivity index (χ3n) is 5.78. The van der Waals surface area contributed by atoms with Crippen LogP contribution < -0.4 is 10.6 Å². The molecule has 0 radical (unpaired) electrons. The molecule has 2 heterocycles. The average Bonchev–Trinajstić information content (AvgIpc) is 3.37. The largest absolute Gasteiger partial charge is 0.490 e. The van der Waals surface area contributed by atoms with E-state index in [-0.39, 0.29) is 23.7 Å². The molecule has 0 bridgehead atoms. The lowest BCUT2D eigenvalue weighted by molar-refractivity contribution is -0.192. The van der Waals surface area contributed by atoms with Crippen LogP contribution in [-0.4, -0.2) is 53.1 Å². The summed E-state index contributed by atoms with van der Waals surface area (Å²) in [4.78, 5) is 36.6. The van der Waals surface area contributed by atoms with Gasteiger partial charge in [-0.3, -0.25) is 14.5 Å². The van der Waals surface area contributed by atoms with Gasteiger partial charge in [0.25, 0.3) is 5.91 Å². The Bertz CT molecular complexity index is 1290. The molecule has 4 rings (SSSR count). The smallest absolute Gasteiger partial charge is 0.475 e. The lowest BCUT2D eigenvalue weighted by Crippen LogP contribution is -2.44. The molecule has 12 heteroatoms. The summed E-state index contributed by atoms with van der Waals surface area (Å²) < 4.78 is 45.2. The summed E-state index contributed by atoms with van der Waals surface area (Å²) >= 11 is 1.38. The highest BCUT2D eigenvalue weighted by Gasteiger charge is 2.38. The Hall–Kier alpha value is -3.77. The zero-order chi connectivity index (χ0) is 28.6. The standard InChI is InChI=1S/C25H26FN3O2S.C2HF3O2/c1-17(30)27-21-7-5-18(6-8-21)16-29-13-11-22(12-14-29)28-25(31)24-10-9-23(32-24)19-3-2-4-20(26)15-19;3-2(4,5)1(6)7/h2-10,15,22H,11-14,16H2,1H3,(H,27,30)(H,28,31);(H,6,7). The number of anilines is 1. The summed E-state index contributed by atoms with van der Waals surface area (Å²) in [7, 11) is 0. The zero-order valence-corrected chi connectivity index (χ0v) is 21.7. The van der Waals surface area contributed by atoms with Gasteiger partial charge in [-0.05, 0) is 60.4 Å². The second-order valence-corrected chi connectivity index (χ2v) is 9.96. The van der Waals surface area contributed by atoms with Crippen molar-refractivity contribution in [2.75, 3.05) is 18.4 Å². The van der Waals surface area contributed by atoms with Gasteiger partial charge < -0.3 is 15.7 Å². The number of nitrogens with zero attached hydrogens (tertiary/aromatic N) is 1. The predicted molar refractivity (Wildman–Crippen MR) is 140 cm³/mol. The van der Waals surface area contributed by atoms with Crippen molar-refractivity contribution in [3.8, 4) is 10.4 Å². The zero-order valence-electron chi connectivity index (χ0n) is 20.9. The van der Waals surface area contributed by atoms with Crippen LogP contribution in [0.4, 0.5) is 23.2 Å². The van der Waals surface area contributed by atoms with Crippen molar-refractivity contribution in [3.63, 3.8) is 0 Å². The van der Waals surface area contributed by atoms with E-state index in [0.717, 1.165) is 48.6 Å². The van der Waals surface area contributed by atoms with Crippen LogP contribution in [-0.2, 0) is 16.1 Å². The molecule has 0 atom stereocenters. The van der Waals surface area contributed by atoms with E-state index in [0.29, 0.717) is 4.88 Å². The number of thiophene rings is 1. The minimum atomic E-state index is -5.08. The van der Waals surface area contributed by atoms with Crippen LogP contribution in [0.15, 0.2) is 60.7 Å². The molecule has 7 nitrogen and oxygen atoms in total. The Morgan fingerprint density at radius 2 is 1.67 bits per heavy atom. The van der Waals surface area contributed by atoms with Gasteiger partial charge in [0.1, 0.15) is 5.82 Å². The number of carbonyl (C=O) groups is 3. The van der Waals surface area contributed by atoms with Gasteiger partial charge in [-0.2, -0.15) is 13.2 Å². The summed E-state index contributed by atoms with van der Waals surface area (Å²) in [5.74, 6) is -3.18. The normalized spacial score (nSPS) is 14.2. The van der Waals surface area contributed by atoms with Crippen LogP contribution in [0.3, 0.4) is 0 Å². The van der Waals surface area contributed by atoms with E-state index >= 15 is 0 Å². The lowest BCUT2D eigenvalue weighted by Gasteiger charge is -2.32. The lowest BCUT2D eigenvalue weighted by atomic mass is 10.0. The van der Waals surface area contributed by atoms with E-state index < -0.39 is 12.1 Å². The maximum atomic E-state index is 13.5. The summed E-state index contributed by atoms with van der Waals surface area (Å²) in [6.07, 6.45) is -3.28. The van der Waals surface area contributed by atoms with Crippen LogP contribution in [0.2, 0.25) is 0 Å². The van der Waals surface area contributed by atoms with Crippen LogP contribution in [0.5, 0.6) is 0 Å². The number of halogens is 4. The molecular formula is C27H27F4N3O4S. The Balaban J connectivity index is 0.000000532. The van der Waals surface area contributed by atoms with Crippen molar-refractivity contribution in [2.45, 2.75) is 38.5 Å². The van der Waals surface area contributed by atoms with Crippen LogP contribution >= 0.6 is 11.3 Å². The van der Waals surface area contributed by atoms with Gasteiger partial charge in [0.15, 0.2) is 0 Å². The number of piperidine rings is 1. The molecular weight excluding hydrogens is 538 g/mol. The number of likely N-dealkylation sites (tertiary alicyclic amines) is 1. The number of hydrogen-bond donors (Lipinski definition) is 3. The van der Waals surface area contributed by atoms with E-state index in [4.69, 9.17) is 9.90 Å². The first kappa shape index (κ1) is 29.8. The molecule has 39 heavy (non-hydrogen) atoms. The van der Waals surface area contributed by atoms with E-state index in [1.165, 1.54) is 36.0 Å². The van der Waals surface area contributed by atoms with Crippen molar-refractivity contribution in [1.29, 1.82) is 0 Å². The predicted octanol–water partition coefficient (Wildman–Crippen LogP) is 5.54. The Kier molecular flexibility index (Phi) is 10.2. The number of nitrogens with one attached hydrogen (secondary N) is 2. The number of carboxylic acid groups (broad SMARTS) is 1. The van der Waals surface area contributed by atoms with Gasteiger partial charge in [0, 0.05) is 43.2 Å². The van der Waals surface area contributed by atoms with Gasteiger partial charge in [0.05, 0.1) is 4.88 Å². The quantitative estimate of drug-likeness (QED) is 0.341. The summed E-state index contributed by atoms with van der Waals surface area (Å²) in [5, 5.41) is 13.1. The third-order valence-corrected chi connectivity index (χ3v) is 6.92. The summed E-state index contributed by atoms with van der Waals surface area (Å²) in [5.41, 5.74) is 2.79. The maximum Gasteiger partial charge on any atom is 0.490 e. The monoisotopic (exact) mass is 565 g/mol. The van der Waals surface area contributed by atoms with E-state index in [1.54, 1.807) is 12.1 Å². The highest BCUT2D eigenvalue weighted by atomic mass is 32.1. The summed E-state index contributed by atoms with van der Waals surface area (Å²) in [6, 6.07) is 18.2. The molecule has 1 aliphatic heterocycles. The molecule has 1 fully saturated rings. The summed E-state index contributed by atoms with van der Waals surface area (Å²) in [6.45, 7) is 4.18. The SMILES string of the molecule is CC(=O)Nc1ccc(CN2CCC(NC(=O)c3ccc(-c4cccc(F)c4)s3)CC2)cc1.O=C(O)C(F)(F)F. The van der Waals surface area contributed by atoms with E-state index in [2.05, 4.69) is 15.5 Å². The fraction of sp³-hybridized carbons (Fsp3) is 0.296. The fourth-order valence-electron chi connectivity index (χ4n) is 3.90. The van der Waals surface area contributed by atoms with Crippen molar-refractivity contribution in [3.05, 3.63) is 76.9 Å². The van der Waals surface area contributed by atoms with Crippen LogP contribution in [0, 0.1) is 5.82 Å². The van der Waals surface area contributed by atoms with Crippen molar-refractivity contribution in [2.24, 2.45) is 0 Å². The number of aliphatic carboxylic acids is 1. The van der Waals surface area contributed by atoms with E-state index in [1.807, 2.05) is 36.4 Å². The number of alkyl halides is 3. The number of carbonyl (C=O) groups excluding carboxylic acids is 2. The van der Waals surface area contributed by atoms with Gasteiger partial charge >= 0.3 is 12.1 Å². The number of benzene rings is 2. The van der Waals surface area contributed by atoms with Crippen molar-refractivity contribution < 1.29 is 37.1 Å². The van der Waals surface area contributed by atoms with E-state index in [9.17, 15) is 27.2 Å². The number of amides is 2. The second-order valence-electron chi connectivity index (χ2n) is 8.88. The minimum Gasteiger partial charge on any atom is -0.475 e. The molecule has 1 aliphatic rings. The highest BCUT2D eigenvalue weighted by molar-refractivity contribution is 7.17. The van der Waals surface area contributed by atoms with Gasteiger partial charge in [0.2, 0.25) is 5.91 Å². The molecule has 0 spiro atoms. The molecule has 2 amide bonds. The molecule has 3 N–H and O–H groups in total. The molecule has 2 aromatic carbocycles. The van der Waals surface area contributed by atoms with Crippen LogP contribution in [0.1, 0.15) is 35.0 Å². The molecule has 208 valence electrons. The van der Waals surface area contributed by atoms with Gasteiger partial charge in [-0.15, -0.1) is 11.3 Å². The number of carboxylic acids is 1. The first-order chi connectivity index (χ1) is 18.4. The topological polar surface area (TPSA) is 98.7 Å². The van der Waals surface area contributed by atoms with Crippen molar-refractivity contribution in [1.82, 2.24) is 10.2 Å². The van der Waals surface area contributed by atoms with Crippen LogP contribution in [0.25, 0.3) is 10.4 Å². The molecule has 0 aliphatic carbocycles. The fourth-order valence-corrected chi connectivity index (χ4v) is 4.81. The molecule has 3 aromatic rings. The maximum absolute atomic E-state index is 13.5. The molecule has 1 saturated heterocycles. The Morgan fingerprint density at radius 3 is 2.23 bits per heavy atom. The second kappa shape index (κ2) is 13.3. The number of rotatable bonds is 6. The van der Waals surface area contributed by atoms with Crippen molar-refractivity contribution >= 4 is 34.8 Å². The average molecular weight is 566 g/mol.